The van der Waals surface area contributed by atoms with E-state index in [-0.39, 0.29) is 12.3 Å². The van der Waals surface area contributed by atoms with E-state index >= 15 is 0 Å². The van der Waals surface area contributed by atoms with Crippen LogP contribution in [0.4, 0.5) is 5.69 Å². The van der Waals surface area contributed by atoms with Crippen LogP contribution in [0.1, 0.15) is 22.3 Å². The second-order valence-corrected chi connectivity index (χ2v) is 10.4. The average molecular weight is 490 g/mol. The van der Waals surface area contributed by atoms with Crippen LogP contribution in [0.3, 0.4) is 0 Å². The Kier molecular flexibility index (Phi) is 7.69. The van der Waals surface area contributed by atoms with Crippen molar-refractivity contribution >= 4 is 27.5 Å². The van der Waals surface area contributed by atoms with Gasteiger partial charge >= 0.3 is 0 Å². The Morgan fingerprint density at radius 1 is 1.14 bits per heavy atom. The zero-order chi connectivity index (χ0) is 25.8. The fraction of sp³-hybridized carbons (Fsp3) is 0.192. The number of amidine groups is 1. The number of nitrogens with one attached hydrogen (secondary N) is 2. The molecule has 0 aliphatic carbocycles. The summed E-state index contributed by atoms with van der Waals surface area (Å²) < 4.78 is 25.5. The summed E-state index contributed by atoms with van der Waals surface area (Å²) >= 11 is 0. The zero-order valence-corrected chi connectivity index (χ0v) is 20.6. The van der Waals surface area contributed by atoms with Crippen molar-refractivity contribution in [3.63, 3.8) is 0 Å². The van der Waals surface area contributed by atoms with Crippen molar-refractivity contribution in [3.8, 4) is 17.2 Å². The molecule has 0 aliphatic heterocycles. The molecule has 3 aromatic rings. The Bertz CT molecular complexity index is 1410. The maximum atomic E-state index is 13.2. The number of amides is 1. The van der Waals surface area contributed by atoms with Crippen LogP contribution in [0.2, 0.25) is 0 Å². The number of likely N-dealkylation sites (N-methyl/N-ethyl adjacent to an activating group) is 1. The Labute approximate surface area is 205 Å². The molecule has 1 atom stereocenters. The highest BCUT2D eigenvalue weighted by atomic mass is 32.2. The largest absolute Gasteiger partial charge is 0.384 e. The maximum absolute atomic E-state index is 13.2. The first-order chi connectivity index (χ1) is 16.5. The topological polar surface area (TPSA) is 140 Å². The SMILES string of the molecule is Cc1ccc(-c2ccc(NC(=O)[C@H](Cc3cccc(C(=N)N)c3)N(C)S(C)(=O)=O)cc2)c(C#N)c1. The summed E-state index contributed by atoms with van der Waals surface area (Å²) in [6.07, 6.45) is 1.14. The lowest BCUT2D eigenvalue weighted by Crippen LogP contribution is -2.46. The van der Waals surface area contributed by atoms with Gasteiger partial charge in [0.1, 0.15) is 11.9 Å². The molecule has 0 unspecified atom stereocenters. The summed E-state index contributed by atoms with van der Waals surface area (Å²) in [7, 11) is -2.31. The number of nitrogen functional groups attached to an aromatic ring is 1. The van der Waals surface area contributed by atoms with Gasteiger partial charge in [0.15, 0.2) is 0 Å². The second kappa shape index (κ2) is 10.5. The first kappa shape index (κ1) is 25.6. The lowest BCUT2D eigenvalue weighted by Gasteiger charge is -2.25. The summed E-state index contributed by atoms with van der Waals surface area (Å²) in [4.78, 5) is 13.2. The normalized spacial score (nSPS) is 12.1. The number of anilines is 1. The standard InChI is InChI=1S/C26H27N5O3S/c1-17-7-12-23(21(13-17)16-27)19-8-10-22(11-9-19)30-26(32)24(31(2)35(3,33)34)15-18-5-4-6-20(14-18)25(28)29/h4-14,24H,15H2,1-3H3,(H3,28,29)(H,30,32)/t24-/m0/s1. The van der Waals surface area contributed by atoms with E-state index in [0.29, 0.717) is 22.4 Å². The Morgan fingerprint density at radius 3 is 2.43 bits per heavy atom. The average Bonchev–Trinajstić information content (AvgIpc) is 2.82. The van der Waals surface area contributed by atoms with Gasteiger partial charge in [0.25, 0.3) is 0 Å². The maximum Gasteiger partial charge on any atom is 0.243 e. The number of aryl methyl sites for hydroxylation is 1. The molecule has 35 heavy (non-hydrogen) atoms. The summed E-state index contributed by atoms with van der Waals surface area (Å²) in [5.41, 5.74) is 10.4. The molecule has 0 saturated heterocycles. The highest BCUT2D eigenvalue weighted by molar-refractivity contribution is 7.88. The number of carbonyl (C=O) groups is 1. The monoisotopic (exact) mass is 489 g/mol. The van der Waals surface area contributed by atoms with Crippen LogP contribution in [0.5, 0.6) is 0 Å². The van der Waals surface area contributed by atoms with E-state index in [2.05, 4.69) is 11.4 Å². The molecule has 0 spiro atoms. The number of carbonyl (C=O) groups excluding carboxylic acids is 1. The van der Waals surface area contributed by atoms with Crippen molar-refractivity contribution in [2.24, 2.45) is 5.73 Å². The van der Waals surface area contributed by atoms with Crippen molar-refractivity contribution in [1.82, 2.24) is 4.31 Å². The Balaban J connectivity index is 1.85. The predicted octanol–water partition coefficient (Wildman–Crippen LogP) is 3.26. The third-order valence-electron chi connectivity index (χ3n) is 5.69. The number of nitrogens with zero attached hydrogens (tertiary/aromatic N) is 2. The molecule has 0 heterocycles. The van der Waals surface area contributed by atoms with Crippen molar-refractivity contribution in [1.29, 1.82) is 10.7 Å². The third kappa shape index (κ3) is 6.32. The Hall–Kier alpha value is -4.00. The number of hydrogen-bond acceptors (Lipinski definition) is 5. The summed E-state index contributed by atoms with van der Waals surface area (Å²) in [5.74, 6) is -0.607. The van der Waals surface area contributed by atoms with E-state index in [1.54, 1.807) is 48.5 Å². The third-order valence-corrected chi connectivity index (χ3v) is 6.99. The fourth-order valence-electron chi connectivity index (χ4n) is 3.67. The van der Waals surface area contributed by atoms with Crippen molar-refractivity contribution in [3.05, 3.63) is 89.0 Å². The van der Waals surface area contributed by atoms with Gasteiger partial charge in [-0.1, -0.05) is 42.5 Å². The highest BCUT2D eigenvalue weighted by Gasteiger charge is 2.29. The van der Waals surface area contributed by atoms with E-state index in [4.69, 9.17) is 11.1 Å². The van der Waals surface area contributed by atoms with Gasteiger partial charge in [-0.25, -0.2) is 8.42 Å². The van der Waals surface area contributed by atoms with E-state index in [9.17, 15) is 18.5 Å². The van der Waals surface area contributed by atoms with Gasteiger partial charge in [-0.15, -0.1) is 0 Å². The fourth-order valence-corrected chi connectivity index (χ4v) is 4.30. The molecule has 9 heteroatoms. The van der Waals surface area contributed by atoms with Gasteiger partial charge < -0.3 is 11.1 Å². The molecule has 0 aromatic heterocycles. The van der Waals surface area contributed by atoms with E-state index < -0.39 is 22.0 Å². The van der Waals surface area contributed by atoms with E-state index in [1.165, 1.54) is 7.05 Å². The molecule has 3 aromatic carbocycles. The van der Waals surface area contributed by atoms with Crippen LogP contribution < -0.4 is 11.1 Å². The molecule has 3 rings (SSSR count). The van der Waals surface area contributed by atoms with Crippen LogP contribution in [-0.2, 0) is 21.2 Å². The number of rotatable bonds is 8. The summed E-state index contributed by atoms with van der Waals surface area (Å²) in [5, 5.41) is 19.9. The van der Waals surface area contributed by atoms with Crippen LogP contribution in [0.15, 0.2) is 66.7 Å². The van der Waals surface area contributed by atoms with Gasteiger partial charge in [-0.3, -0.25) is 10.2 Å². The molecule has 0 saturated carbocycles. The van der Waals surface area contributed by atoms with E-state index in [1.807, 2.05) is 25.1 Å². The molecule has 0 bridgehead atoms. The molecular weight excluding hydrogens is 462 g/mol. The zero-order valence-electron chi connectivity index (χ0n) is 19.7. The highest BCUT2D eigenvalue weighted by Crippen LogP contribution is 2.26. The summed E-state index contributed by atoms with van der Waals surface area (Å²) in [6, 6.07) is 20.6. The number of sulfonamides is 1. The van der Waals surface area contributed by atoms with Gasteiger partial charge in [-0.2, -0.15) is 9.57 Å². The molecule has 8 nitrogen and oxygen atoms in total. The van der Waals surface area contributed by atoms with Gasteiger partial charge in [0, 0.05) is 18.3 Å². The minimum Gasteiger partial charge on any atom is -0.384 e. The Morgan fingerprint density at radius 2 is 1.83 bits per heavy atom. The molecule has 0 radical (unpaired) electrons. The first-order valence-electron chi connectivity index (χ1n) is 10.8. The number of hydrogen-bond donors (Lipinski definition) is 3. The molecule has 1 amide bonds. The first-order valence-corrected chi connectivity index (χ1v) is 12.6. The quantitative estimate of drug-likeness (QED) is 0.329. The van der Waals surface area contributed by atoms with Crippen molar-refractivity contribution < 1.29 is 13.2 Å². The lowest BCUT2D eigenvalue weighted by molar-refractivity contribution is -0.119. The molecule has 0 fully saturated rings. The lowest BCUT2D eigenvalue weighted by atomic mass is 9.98. The second-order valence-electron chi connectivity index (χ2n) is 8.34. The van der Waals surface area contributed by atoms with Crippen LogP contribution in [0.25, 0.3) is 11.1 Å². The number of benzene rings is 3. The van der Waals surface area contributed by atoms with E-state index in [0.717, 1.165) is 27.3 Å². The smallest absolute Gasteiger partial charge is 0.243 e. The molecule has 0 aliphatic rings. The van der Waals surface area contributed by atoms with Gasteiger partial charge in [0.2, 0.25) is 15.9 Å². The molecular formula is C26H27N5O3S. The van der Waals surface area contributed by atoms with Crippen LogP contribution >= 0.6 is 0 Å². The summed E-state index contributed by atoms with van der Waals surface area (Å²) in [6.45, 7) is 1.92. The van der Waals surface area contributed by atoms with Crippen LogP contribution in [0, 0.1) is 23.7 Å². The van der Waals surface area contributed by atoms with Gasteiger partial charge in [-0.05, 0) is 59.9 Å². The van der Waals surface area contributed by atoms with Crippen LogP contribution in [-0.4, -0.2) is 43.8 Å². The van der Waals surface area contributed by atoms with Gasteiger partial charge in [0.05, 0.1) is 17.9 Å². The molecule has 180 valence electrons. The van der Waals surface area contributed by atoms with Crippen molar-refractivity contribution in [2.45, 2.75) is 19.4 Å². The number of nitriles is 1. The predicted molar refractivity (Wildman–Crippen MR) is 138 cm³/mol. The minimum atomic E-state index is -3.66. The molecule has 4 N–H and O–H groups in total. The number of nitrogens with two attached hydrogens (primary N) is 1. The minimum absolute atomic E-state index is 0.101. The van der Waals surface area contributed by atoms with Crippen molar-refractivity contribution in [2.75, 3.05) is 18.6 Å².